The summed E-state index contributed by atoms with van der Waals surface area (Å²) in [5.74, 6) is 1.39. The molecule has 21 heavy (non-hydrogen) atoms. The van der Waals surface area contributed by atoms with Crippen LogP contribution < -0.4 is 10.6 Å². The summed E-state index contributed by atoms with van der Waals surface area (Å²) in [6.45, 7) is 19.0. The van der Waals surface area contributed by atoms with Crippen molar-refractivity contribution in [2.75, 3.05) is 26.7 Å². The molecule has 0 aliphatic carbocycles. The molecule has 0 rings (SSSR count). The number of hydrogen-bond acceptors (Lipinski definition) is 2. The van der Waals surface area contributed by atoms with Crippen LogP contribution in [0, 0.1) is 5.92 Å². The zero-order valence-electron chi connectivity index (χ0n) is 14.2. The average molecular weight is 408 g/mol. The molecule has 0 aliphatic rings. The van der Waals surface area contributed by atoms with Gasteiger partial charge in [-0.1, -0.05) is 26.0 Å². The molecule has 0 fully saturated rings. The highest BCUT2D eigenvalue weighted by molar-refractivity contribution is 14.0. The van der Waals surface area contributed by atoms with Crippen LogP contribution >= 0.6 is 24.0 Å². The number of nitrogens with one attached hydrogen (secondary N) is 2. The van der Waals surface area contributed by atoms with Gasteiger partial charge in [0.2, 0.25) is 0 Å². The number of aliphatic imine (C=N–C) groups is 1. The third kappa shape index (κ3) is 9.90. The fourth-order valence-corrected chi connectivity index (χ4v) is 2.13. The Labute approximate surface area is 148 Å². The summed E-state index contributed by atoms with van der Waals surface area (Å²) in [5.41, 5.74) is 0. The minimum absolute atomic E-state index is 0. The first kappa shape index (κ1) is 22.7. The van der Waals surface area contributed by atoms with Gasteiger partial charge in [0, 0.05) is 38.8 Å². The van der Waals surface area contributed by atoms with Crippen molar-refractivity contribution in [2.24, 2.45) is 10.9 Å². The number of guanidine groups is 1. The van der Waals surface area contributed by atoms with Crippen LogP contribution in [0.4, 0.5) is 0 Å². The topological polar surface area (TPSA) is 39.7 Å². The van der Waals surface area contributed by atoms with Gasteiger partial charge in [-0.15, -0.1) is 37.1 Å². The smallest absolute Gasteiger partial charge is 0.191 e. The first-order valence-corrected chi connectivity index (χ1v) is 7.39. The van der Waals surface area contributed by atoms with E-state index >= 15 is 0 Å². The maximum atomic E-state index is 4.25. The summed E-state index contributed by atoms with van der Waals surface area (Å²) >= 11 is 0. The minimum Gasteiger partial charge on any atom is -0.355 e. The Morgan fingerprint density at radius 2 is 1.67 bits per heavy atom. The summed E-state index contributed by atoms with van der Waals surface area (Å²) in [5, 5.41) is 6.71. The van der Waals surface area contributed by atoms with Gasteiger partial charge in [0.05, 0.1) is 0 Å². The zero-order chi connectivity index (χ0) is 15.5. The summed E-state index contributed by atoms with van der Waals surface area (Å²) < 4.78 is 0. The van der Waals surface area contributed by atoms with Gasteiger partial charge in [-0.05, 0) is 19.8 Å². The van der Waals surface area contributed by atoms with Crippen molar-refractivity contribution in [3.05, 3.63) is 25.3 Å². The molecule has 0 aliphatic heterocycles. The second-order valence-electron chi connectivity index (χ2n) is 5.59. The minimum atomic E-state index is 0. The quantitative estimate of drug-likeness (QED) is 0.267. The molecule has 0 saturated carbocycles. The second kappa shape index (κ2) is 13.1. The highest BCUT2D eigenvalue weighted by Crippen LogP contribution is 2.10. The van der Waals surface area contributed by atoms with Gasteiger partial charge in [-0.25, -0.2) is 0 Å². The van der Waals surface area contributed by atoms with Crippen LogP contribution in [-0.4, -0.2) is 49.6 Å². The highest BCUT2D eigenvalue weighted by atomic mass is 127. The van der Waals surface area contributed by atoms with Crippen molar-refractivity contribution in [3.63, 3.8) is 0 Å². The van der Waals surface area contributed by atoms with E-state index in [1.54, 1.807) is 7.05 Å². The largest absolute Gasteiger partial charge is 0.355 e. The Morgan fingerprint density at radius 1 is 1.14 bits per heavy atom. The predicted molar refractivity (Wildman–Crippen MR) is 106 cm³/mol. The standard InChI is InChI=1S/C16H32N4.HI/c1-8-10-20(11-9-2)15(13(3)4)12-18-16(17-7)19-14(5)6;/h8-9,13-15H,1-2,10-12H2,3-7H3,(H2,17,18,19);1H. The number of rotatable bonds is 9. The van der Waals surface area contributed by atoms with Gasteiger partial charge in [-0.3, -0.25) is 9.89 Å². The normalized spacial score (nSPS) is 13.0. The molecule has 0 spiro atoms. The second-order valence-corrected chi connectivity index (χ2v) is 5.59. The molecule has 5 heteroatoms. The van der Waals surface area contributed by atoms with Crippen LogP contribution in [0.1, 0.15) is 27.7 Å². The molecule has 0 saturated heterocycles. The molecule has 0 heterocycles. The van der Waals surface area contributed by atoms with Crippen LogP contribution in [-0.2, 0) is 0 Å². The molecule has 2 N–H and O–H groups in total. The Hall–Kier alpha value is -0.560. The molecule has 1 unspecified atom stereocenters. The van der Waals surface area contributed by atoms with Gasteiger partial charge in [0.25, 0.3) is 0 Å². The van der Waals surface area contributed by atoms with E-state index < -0.39 is 0 Å². The molecule has 124 valence electrons. The van der Waals surface area contributed by atoms with Gasteiger partial charge < -0.3 is 10.6 Å². The maximum absolute atomic E-state index is 4.25. The van der Waals surface area contributed by atoms with E-state index in [9.17, 15) is 0 Å². The fourth-order valence-electron chi connectivity index (χ4n) is 2.13. The van der Waals surface area contributed by atoms with E-state index in [-0.39, 0.29) is 24.0 Å². The summed E-state index contributed by atoms with van der Waals surface area (Å²) in [7, 11) is 1.80. The molecule has 1 atom stereocenters. The van der Waals surface area contributed by atoms with E-state index in [0.717, 1.165) is 25.6 Å². The van der Waals surface area contributed by atoms with E-state index in [4.69, 9.17) is 0 Å². The maximum Gasteiger partial charge on any atom is 0.191 e. The number of hydrogen-bond donors (Lipinski definition) is 2. The van der Waals surface area contributed by atoms with Crippen LogP contribution in [0.3, 0.4) is 0 Å². The van der Waals surface area contributed by atoms with Gasteiger partial charge in [-0.2, -0.15) is 0 Å². The van der Waals surface area contributed by atoms with Crippen molar-refractivity contribution in [3.8, 4) is 0 Å². The zero-order valence-corrected chi connectivity index (χ0v) is 16.6. The lowest BCUT2D eigenvalue weighted by atomic mass is 10.0. The Balaban J connectivity index is 0. The van der Waals surface area contributed by atoms with Gasteiger partial charge >= 0.3 is 0 Å². The summed E-state index contributed by atoms with van der Waals surface area (Å²) in [4.78, 5) is 6.62. The Kier molecular flexibility index (Phi) is 14.2. The van der Waals surface area contributed by atoms with Crippen LogP contribution in [0.2, 0.25) is 0 Å². The van der Waals surface area contributed by atoms with E-state index in [2.05, 4.69) is 61.4 Å². The van der Waals surface area contributed by atoms with Crippen molar-refractivity contribution in [2.45, 2.75) is 39.8 Å². The van der Waals surface area contributed by atoms with Crippen molar-refractivity contribution >= 4 is 29.9 Å². The van der Waals surface area contributed by atoms with Crippen LogP contribution in [0.25, 0.3) is 0 Å². The molecule has 4 nitrogen and oxygen atoms in total. The van der Waals surface area contributed by atoms with Gasteiger partial charge in [0.1, 0.15) is 0 Å². The van der Waals surface area contributed by atoms with Crippen LogP contribution in [0.5, 0.6) is 0 Å². The van der Waals surface area contributed by atoms with Crippen molar-refractivity contribution < 1.29 is 0 Å². The lowest BCUT2D eigenvalue weighted by Crippen LogP contribution is -2.50. The van der Waals surface area contributed by atoms with Gasteiger partial charge in [0.15, 0.2) is 5.96 Å². The monoisotopic (exact) mass is 408 g/mol. The Bertz CT molecular complexity index is 303. The predicted octanol–water partition coefficient (Wildman–Crippen LogP) is 2.88. The first-order chi connectivity index (χ1) is 9.46. The van der Waals surface area contributed by atoms with E-state index in [1.807, 2.05) is 12.2 Å². The van der Waals surface area contributed by atoms with Crippen molar-refractivity contribution in [1.82, 2.24) is 15.5 Å². The fraction of sp³-hybridized carbons (Fsp3) is 0.688. The third-order valence-electron chi connectivity index (χ3n) is 3.09. The highest BCUT2D eigenvalue weighted by Gasteiger charge is 2.20. The van der Waals surface area contributed by atoms with E-state index in [1.165, 1.54) is 0 Å². The lowest BCUT2D eigenvalue weighted by Gasteiger charge is -2.33. The Morgan fingerprint density at radius 3 is 2.00 bits per heavy atom. The van der Waals surface area contributed by atoms with Crippen molar-refractivity contribution in [1.29, 1.82) is 0 Å². The SMILES string of the molecule is C=CCN(CC=C)C(CNC(=NC)NC(C)C)C(C)C.I. The molecular formula is C16H33IN4. The first-order valence-electron chi connectivity index (χ1n) is 7.39. The lowest BCUT2D eigenvalue weighted by molar-refractivity contribution is 0.190. The molecule has 0 aromatic rings. The molecule has 0 aromatic heterocycles. The number of halogens is 1. The molecule has 0 aromatic carbocycles. The molecular weight excluding hydrogens is 375 g/mol. The summed E-state index contributed by atoms with van der Waals surface area (Å²) in [6, 6.07) is 0.785. The number of nitrogens with zero attached hydrogens (tertiary/aromatic N) is 2. The molecule has 0 radical (unpaired) electrons. The molecule has 0 amide bonds. The average Bonchev–Trinajstić information content (AvgIpc) is 2.37. The summed E-state index contributed by atoms with van der Waals surface area (Å²) in [6.07, 6.45) is 3.89. The van der Waals surface area contributed by atoms with E-state index in [0.29, 0.717) is 18.0 Å². The molecule has 0 bridgehead atoms. The third-order valence-corrected chi connectivity index (χ3v) is 3.09. The van der Waals surface area contributed by atoms with Crippen LogP contribution in [0.15, 0.2) is 30.3 Å².